The molecule has 1 amide bonds. The van der Waals surface area contributed by atoms with Gasteiger partial charge in [-0.1, -0.05) is 24.3 Å². The third-order valence-corrected chi connectivity index (χ3v) is 8.36. The molecule has 3 fully saturated rings. The van der Waals surface area contributed by atoms with Crippen LogP contribution in [-0.2, 0) is 9.47 Å². The van der Waals surface area contributed by atoms with Gasteiger partial charge in [0, 0.05) is 30.5 Å². The highest BCUT2D eigenvalue weighted by atomic mass is 19.3. The van der Waals surface area contributed by atoms with Gasteiger partial charge in [-0.05, 0) is 89.1 Å². The number of carbonyl (C=O) groups is 1. The van der Waals surface area contributed by atoms with Crippen molar-refractivity contribution in [2.75, 3.05) is 6.61 Å². The van der Waals surface area contributed by atoms with E-state index in [-0.39, 0.29) is 43.0 Å². The van der Waals surface area contributed by atoms with Gasteiger partial charge in [0.2, 0.25) is 5.92 Å². The Hall–Kier alpha value is -2.87. The van der Waals surface area contributed by atoms with Crippen LogP contribution in [0, 0.1) is 23.6 Å². The topological polar surface area (TPSA) is 51.7 Å². The second-order valence-corrected chi connectivity index (χ2v) is 12.7. The van der Waals surface area contributed by atoms with E-state index in [1.54, 1.807) is 17.2 Å². The number of amides is 1. The summed E-state index contributed by atoms with van der Waals surface area (Å²) >= 11 is 0. The summed E-state index contributed by atoms with van der Waals surface area (Å²) < 4.78 is 54.8. The van der Waals surface area contributed by atoms with Gasteiger partial charge >= 0.3 is 6.09 Å². The molecular formula is C31H37F3N2O3. The molecule has 2 aromatic rings. The molecule has 1 spiro atoms. The maximum absolute atomic E-state index is 14.5. The van der Waals surface area contributed by atoms with Crippen LogP contribution in [-0.4, -0.2) is 45.4 Å². The summed E-state index contributed by atoms with van der Waals surface area (Å²) in [6.07, 6.45) is 5.58. The molecule has 4 atom stereocenters. The molecule has 8 heteroatoms. The minimum atomic E-state index is -2.71. The molecule has 0 N–H and O–H groups in total. The Kier molecular flexibility index (Phi) is 6.85. The summed E-state index contributed by atoms with van der Waals surface area (Å²) in [5, 5.41) is 0. The zero-order valence-corrected chi connectivity index (χ0v) is 23.2. The molecule has 2 heterocycles. The molecule has 0 radical (unpaired) electrons. The van der Waals surface area contributed by atoms with Crippen LogP contribution in [0.15, 0.2) is 48.7 Å². The number of rotatable bonds is 3. The van der Waals surface area contributed by atoms with E-state index in [9.17, 15) is 18.0 Å². The van der Waals surface area contributed by atoms with Crippen LogP contribution >= 0.6 is 0 Å². The second kappa shape index (κ2) is 9.65. The van der Waals surface area contributed by atoms with Gasteiger partial charge < -0.3 is 9.47 Å². The fourth-order valence-electron chi connectivity index (χ4n) is 6.87. The van der Waals surface area contributed by atoms with Crippen molar-refractivity contribution in [3.63, 3.8) is 0 Å². The Balaban J connectivity index is 1.49. The van der Waals surface area contributed by atoms with Crippen molar-refractivity contribution < 1.29 is 27.4 Å². The van der Waals surface area contributed by atoms with Gasteiger partial charge in [0.1, 0.15) is 17.1 Å². The van der Waals surface area contributed by atoms with Crippen molar-refractivity contribution >= 4 is 12.2 Å². The lowest BCUT2D eigenvalue weighted by Crippen LogP contribution is -2.58. The third-order valence-electron chi connectivity index (χ3n) is 8.36. The highest BCUT2D eigenvalue weighted by Gasteiger charge is 2.66. The number of benzene rings is 1. The number of nitrogens with zero attached hydrogens (tertiary/aromatic N) is 2. The summed E-state index contributed by atoms with van der Waals surface area (Å²) in [6.45, 7) is 9.34. The Bertz CT molecular complexity index is 1250. The van der Waals surface area contributed by atoms with Crippen LogP contribution in [0.3, 0.4) is 0 Å². The quantitative estimate of drug-likeness (QED) is 0.399. The molecule has 5 rings (SSSR count). The largest absolute Gasteiger partial charge is 0.444 e. The summed E-state index contributed by atoms with van der Waals surface area (Å²) in [5.41, 5.74) is -0.252. The Morgan fingerprint density at radius 3 is 2.59 bits per heavy atom. The first-order chi connectivity index (χ1) is 18.2. The first kappa shape index (κ1) is 27.7. The smallest absolute Gasteiger partial charge is 0.413 e. The number of ether oxygens (including phenoxy) is 2. The maximum Gasteiger partial charge on any atom is 0.413 e. The molecule has 2 aliphatic carbocycles. The monoisotopic (exact) mass is 542 g/mol. The number of carbonyl (C=O) groups excluding carboxylic acids is 1. The lowest BCUT2D eigenvalue weighted by atomic mass is 9.75. The predicted molar refractivity (Wildman–Crippen MR) is 143 cm³/mol. The number of alkyl halides is 2. The summed E-state index contributed by atoms with van der Waals surface area (Å²) in [7, 11) is 0. The number of aromatic nitrogens is 1. The van der Waals surface area contributed by atoms with E-state index in [0.717, 1.165) is 11.1 Å². The van der Waals surface area contributed by atoms with Crippen LogP contribution in [0.2, 0.25) is 0 Å². The SMILES string of the molecule is CC(C)(C)OC(=O)N1C(C)(C)OCC12C[C@@H]1CC(F)(F)CC[C@H]1[C@@H]2/C=C/c1ccc(-c2cccc(F)c2)cn1. The molecule has 0 bridgehead atoms. The van der Waals surface area contributed by atoms with Crippen molar-refractivity contribution in [1.82, 2.24) is 9.88 Å². The Morgan fingerprint density at radius 1 is 1.15 bits per heavy atom. The second-order valence-electron chi connectivity index (χ2n) is 12.7. The van der Waals surface area contributed by atoms with Gasteiger partial charge in [0.05, 0.1) is 17.8 Å². The van der Waals surface area contributed by atoms with Crippen molar-refractivity contribution in [1.29, 1.82) is 0 Å². The first-order valence-corrected chi connectivity index (χ1v) is 13.6. The Labute approximate surface area is 228 Å². The fourth-order valence-corrected chi connectivity index (χ4v) is 6.87. The summed E-state index contributed by atoms with van der Waals surface area (Å²) in [5.74, 6) is -3.49. The minimum absolute atomic E-state index is 0.0186. The lowest BCUT2D eigenvalue weighted by Gasteiger charge is -2.43. The fraction of sp³-hybridized carbons (Fsp3) is 0.548. The molecule has 1 aromatic heterocycles. The molecule has 2 saturated carbocycles. The van der Waals surface area contributed by atoms with Crippen molar-refractivity contribution in [2.24, 2.45) is 17.8 Å². The van der Waals surface area contributed by atoms with E-state index < -0.39 is 28.9 Å². The zero-order valence-electron chi connectivity index (χ0n) is 23.2. The van der Waals surface area contributed by atoms with E-state index >= 15 is 0 Å². The van der Waals surface area contributed by atoms with Crippen molar-refractivity contribution in [2.45, 2.75) is 83.1 Å². The predicted octanol–water partition coefficient (Wildman–Crippen LogP) is 7.71. The van der Waals surface area contributed by atoms with E-state index in [0.29, 0.717) is 18.5 Å². The molecule has 1 aliphatic heterocycles. The van der Waals surface area contributed by atoms with Gasteiger partial charge in [-0.3, -0.25) is 9.88 Å². The van der Waals surface area contributed by atoms with Crippen molar-refractivity contribution in [3.8, 4) is 11.1 Å². The Morgan fingerprint density at radius 2 is 1.92 bits per heavy atom. The van der Waals surface area contributed by atoms with Gasteiger partial charge in [0.15, 0.2) is 0 Å². The molecule has 1 unspecified atom stereocenters. The van der Waals surface area contributed by atoms with Crippen LogP contribution in [0.1, 0.15) is 66.0 Å². The standard InChI is InChI=1S/C31H37F3N2O3/c1-28(2,3)39-27(37)36-29(4,5)38-19-30(36)16-22-17-31(33,34)14-13-25(22)26(30)12-11-24-10-9-21(18-35-24)20-7-6-8-23(32)15-20/h6-12,15,18,22,25-26H,13-14,16-17,19H2,1-5H3/b12-11+/t22-,25-,26+,30?/m1/s1. The summed E-state index contributed by atoms with van der Waals surface area (Å²) in [4.78, 5) is 19.8. The number of halogens is 3. The van der Waals surface area contributed by atoms with E-state index in [2.05, 4.69) is 4.98 Å². The molecule has 1 saturated heterocycles. The number of pyridine rings is 1. The van der Waals surface area contributed by atoms with E-state index in [4.69, 9.17) is 9.47 Å². The number of hydrogen-bond donors (Lipinski definition) is 0. The lowest BCUT2D eigenvalue weighted by molar-refractivity contribution is -0.0716. The molecule has 5 nitrogen and oxygen atoms in total. The third kappa shape index (κ3) is 5.45. The average Bonchev–Trinajstić information content (AvgIpc) is 3.27. The van der Waals surface area contributed by atoms with E-state index in [1.807, 2.05) is 65.0 Å². The van der Waals surface area contributed by atoms with Gasteiger partial charge in [-0.2, -0.15) is 0 Å². The first-order valence-electron chi connectivity index (χ1n) is 13.6. The summed E-state index contributed by atoms with van der Waals surface area (Å²) in [6, 6.07) is 10.1. The molecule has 39 heavy (non-hydrogen) atoms. The highest BCUT2D eigenvalue weighted by molar-refractivity contribution is 5.71. The minimum Gasteiger partial charge on any atom is -0.444 e. The van der Waals surface area contributed by atoms with Crippen molar-refractivity contribution in [3.05, 3.63) is 60.2 Å². The van der Waals surface area contributed by atoms with Gasteiger partial charge in [-0.15, -0.1) is 0 Å². The van der Waals surface area contributed by atoms with Crippen LogP contribution < -0.4 is 0 Å². The van der Waals surface area contributed by atoms with Crippen LogP contribution in [0.4, 0.5) is 18.0 Å². The normalized spacial score (nSPS) is 29.6. The van der Waals surface area contributed by atoms with Crippen LogP contribution in [0.5, 0.6) is 0 Å². The average molecular weight is 543 g/mol. The molecular weight excluding hydrogens is 505 g/mol. The molecule has 3 aliphatic rings. The highest BCUT2D eigenvalue weighted by Crippen LogP contribution is 2.60. The van der Waals surface area contributed by atoms with Crippen LogP contribution in [0.25, 0.3) is 17.2 Å². The van der Waals surface area contributed by atoms with E-state index in [1.165, 1.54) is 12.1 Å². The zero-order chi connectivity index (χ0) is 28.2. The number of hydrogen-bond acceptors (Lipinski definition) is 4. The van der Waals surface area contributed by atoms with Gasteiger partial charge in [0.25, 0.3) is 0 Å². The maximum atomic E-state index is 14.5. The number of fused-ring (bicyclic) bond motifs is 1. The molecule has 210 valence electrons. The molecule has 1 aromatic carbocycles. The van der Waals surface area contributed by atoms with Gasteiger partial charge in [-0.25, -0.2) is 18.0 Å².